The Bertz CT molecular complexity index is 1840. The maximum Gasteiger partial charge on any atom is 0.416 e. The number of benzene rings is 3. The van der Waals surface area contributed by atoms with Gasteiger partial charge in [0.25, 0.3) is 11.8 Å². The highest BCUT2D eigenvalue weighted by molar-refractivity contribution is 6.31. The summed E-state index contributed by atoms with van der Waals surface area (Å²) < 4.78 is 71.3. The molecule has 0 bridgehead atoms. The summed E-state index contributed by atoms with van der Waals surface area (Å²) in [5.41, 5.74) is -1.38. The minimum absolute atomic E-state index is 0.0262. The van der Waals surface area contributed by atoms with Gasteiger partial charge in [0.1, 0.15) is 11.6 Å². The predicted molar refractivity (Wildman–Crippen MR) is 140 cm³/mol. The van der Waals surface area contributed by atoms with Crippen LogP contribution in [0.2, 0.25) is 5.02 Å². The van der Waals surface area contributed by atoms with Gasteiger partial charge in [-0.15, -0.1) is 0 Å². The van der Waals surface area contributed by atoms with Crippen molar-refractivity contribution in [2.24, 2.45) is 0 Å². The van der Waals surface area contributed by atoms with E-state index in [2.05, 4.69) is 10.6 Å². The number of hydrogen-bond acceptors (Lipinski definition) is 3. The lowest BCUT2D eigenvalue weighted by atomic mass is 9.95. The second kappa shape index (κ2) is 9.44. The van der Waals surface area contributed by atoms with E-state index in [1.54, 1.807) is 6.92 Å². The molecule has 1 atom stereocenters. The van der Waals surface area contributed by atoms with Gasteiger partial charge in [0.05, 0.1) is 28.2 Å². The van der Waals surface area contributed by atoms with Crippen molar-refractivity contribution in [3.8, 4) is 0 Å². The summed E-state index contributed by atoms with van der Waals surface area (Å²) in [6.07, 6.45) is -3.46. The number of alkyl halides is 3. The summed E-state index contributed by atoms with van der Waals surface area (Å²) >= 11 is 6.37. The van der Waals surface area contributed by atoms with Crippen LogP contribution >= 0.6 is 11.6 Å². The summed E-state index contributed by atoms with van der Waals surface area (Å²) in [5, 5.41) is 5.36. The summed E-state index contributed by atoms with van der Waals surface area (Å²) in [5.74, 6) is -3.63. The molecule has 1 unspecified atom stereocenters. The number of rotatable bonds is 5. The summed E-state index contributed by atoms with van der Waals surface area (Å²) in [6, 6.07) is 5.22. The van der Waals surface area contributed by atoms with E-state index in [0.717, 1.165) is 25.0 Å². The number of carbonyl (C=O) groups excluding carboxylic acids is 2. The number of nitrogens with one attached hydrogen (secondary N) is 2. The minimum atomic E-state index is -4.91. The SMILES string of the molecule is CCn1c(=O)n(C2CC2)c2cc(NC(=O)c3cc(F)cc(C(F)(F)F)c3)c3c(c21)C(=O)NC3c1cc(F)ccc1Cl. The van der Waals surface area contributed by atoms with Gasteiger partial charge in [-0.3, -0.25) is 18.7 Å². The Balaban J connectivity index is 1.60. The molecule has 1 saturated carbocycles. The first-order valence-corrected chi connectivity index (χ1v) is 13.0. The van der Waals surface area contributed by atoms with Crippen LogP contribution in [-0.2, 0) is 12.7 Å². The van der Waals surface area contributed by atoms with E-state index in [1.165, 1.54) is 21.3 Å². The smallest absolute Gasteiger partial charge is 0.341 e. The fraction of sp³-hybridized carbons (Fsp3) is 0.250. The first kappa shape index (κ1) is 27.0. The molecule has 0 spiro atoms. The lowest BCUT2D eigenvalue weighted by Gasteiger charge is -2.19. The molecule has 7 nitrogen and oxygen atoms in total. The monoisotopic (exact) mass is 590 g/mol. The fourth-order valence-corrected chi connectivity index (χ4v) is 5.62. The maximum absolute atomic E-state index is 14.3. The van der Waals surface area contributed by atoms with Gasteiger partial charge in [-0.25, -0.2) is 13.6 Å². The molecule has 2 N–H and O–H groups in total. The molecule has 6 rings (SSSR count). The van der Waals surface area contributed by atoms with Crippen LogP contribution in [0.4, 0.5) is 27.6 Å². The van der Waals surface area contributed by atoms with Crippen LogP contribution in [0.15, 0.2) is 47.3 Å². The Hall–Kier alpha value is -4.19. The van der Waals surface area contributed by atoms with Crippen molar-refractivity contribution in [3.05, 3.63) is 97.4 Å². The van der Waals surface area contributed by atoms with E-state index in [4.69, 9.17) is 11.6 Å². The number of anilines is 1. The lowest BCUT2D eigenvalue weighted by Crippen LogP contribution is -2.24. The van der Waals surface area contributed by atoms with E-state index in [0.29, 0.717) is 23.2 Å². The summed E-state index contributed by atoms with van der Waals surface area (Å²) in [7, 11) is 0. The largest absolute Gasteiger partial charge is 0.416 e. The average Bonchev–Trinajstić information content (AvgIpc) is 3.62. The average molecular weight is 591 g/mol. The van der Waals surface area contributed by atoms with Crippen LogP contribution in [-0.4, -0.2) is 20.9 Å². The van der Waals surface area contributed by atoms with Crippen LogP contribution in [0.3, 0.4) is 0 Å². The molecule has 0 saturated heterocycles. The molecule has 212 valence electrons. The van der Waals surface area contributed by atoms with E-state index >= 15 is 0 Å². The van der Waals surface area contributed by atoms with E-state index < -0.39 is 46.8 Å². The third-order valence-electron chi connectivity index (χ3n) is 7.31. The van der Waals surface area contributed by atoms with E-state index in [-0.39, 0.29) is 51.7 Å². The number of amides is 2. The van der Waals surface area contributed by atoms with Crippen molar-refractivity contribution in [1.29, 1.82) is 0 Å². The van der Waals surface area contributed by atoms with Gasteiger partial charge in [-0.1, -0.05) is 11.6 Å². The van der Waals surface area contributed by atoms with Gasteiger partial charge in [0.15, 0.2) is 0 Å². The molecule has 1 fully saturated rings. The zero-order chi connectivity index (χ0) is 29.4. The van der Waals surface area contributed by atoms with E-state index in [9.17, 15) is 36.3 Å². The van der Waals surface area contributed by atoms with Crippen LogP contribution in [0.5, 0.6) is 0 Å². The van der Waals surface area contributed by atoms with Crippen LogP contribution in [0, 0.1) is 11.6 Å². The summed E-state index contributed by atoms with van der Waals surface area (Å²) in [4.78, 5) is 40.1. The van der Waals surface area contributed by atoms with Gasteiger partial charge in [0.2, 0.25) is 0 Å². The molecule has 13 heteroatoms. The Morgan fingerprint density at radius 1 is 1.07 bits per heavy atom. The van der Waals surface area contributed by atoms with Crippen molar-refractivity contribution < 1.29 is 31.5 Å². The van der Waals surface area contributed by atoms with E-state index in [1.807, 2.05) is 0 Å². The Morgan fingerprint density at radius 3 is 2.46 bits per heavy atom. The number of nitrogens with zero attached hydrogens (tertiary/aromatic N) is 2. The van der Waals surface area contributed by atoms with Crippen molar-refractivity contribution >= 4 is 40.1 Å². The molecule has 0 radical (unpaired) electrons. The number of imidazole rings is 1. The molecule has 1 aliphatic heterocycles. The Kier molecular flexibility index (Phi) is 6.22. The number of aromatic nitrogens is 2. The van der Waals surface area contributed by atoms with Gasteiger partial charge < -0.3 is 10.6 Å². The maximum atomic E-state index is 14.3. The van der Waals surface area contributed by atoms with Crippen molar-refractivity contribution in [2.75, 3.05) is 5.32 Å². The number of carbonyl (C=O) groups is 2. The zero-order valence-electron chi connectivity index (χ0n) is 21.2. The molecular formula is C28H20ClF5N4O3. The molecule has 1 aliphatic carbocycles. The topological polar surface area (TPSA) is 85.1 Å². The third-order valence-corrected chi connectivity index (χ3v) is 7.65. The second-order valence-corrected chi connectivity index (χ2v) is 10.4. The molecule has 1 aromatic heterocycles. The highest BCUT2D eigenvalue weighted by Crippen LogP contribution is 2.45. The molecule has 3 aromatic carbocycles. The normalized spacial score (nSPS) is 16.7. The van der Waals surface area contributed by atoms with Crippen molar-refractivity contribution in [2.45, 2.75) is 44.6 Å². The lowest BCUT2D eigenvalue weighted by molar-refractivity contribution is -0.137. The van der Waals surface area contributed by atoms with Crippen molar-refractivity contribution in [3.63, 3.8) is 0 Å². The zero-order valence-corrected chi connectivity index (χ0v) is 22.0. The van der Waals surface area contributed by atoms with Gasteiger partial charge in [-0.2, -0.15) is 13.2 Å². The standard InChI is InChI=1S/C28H20ClF5N4O3/c1-2-37-24-20(38(27(37)41)16-4-5-16)11-19(35-25(39)12-7-13(28(32,33)34)9-15(31)8-12)21-22(24)26(40)36-23(21)17-10-14(30)3-6-18(17)29/h3,6-11,16,23H,2,4-5H2,1H3,(H,35,39)(H,36,40). The highest BCUT2D eigenvalue weighted by Gasteiger charge is 2.40. The van der Waals surface area contributed by atoms with Crippen LogP contribution in [0.1, 0.15) is 69.3 Å². The molecule has 41 heavy (non-hydrogen) atoms. The quantitative estimate of drug-likeness (QED) is 0.272. The molecule has 4 aromatic rings. The fourth-order valence-electron chi connectivity index (χ4n) is 5.39. The van der Waals surface area contributed by atoms with Gasteiger partial charge >= 0.3 is 11.9 Å². The van der Waals surface area contributed by atoms with Crippen LogP contribution in [0.25, 0.3) is 11.0 Å². The van der Waals surface area contributed by atoms with Gasteiger partial charge in [0, 0.05) is 40.0 Å². The number of halogens is 6. The highest BCUT2D eigenvalue weighted by atomic mass is 35.5. The first-order chi connectivity index (χ1) is 19.4. The third kappa shape index (κ3) is 4.46. The predicted octanol–water partition coefficient (Wildman–Crippen LogP) is 6.19. The Labute approximate surface area is 233 Å². The number of aryl methyl sites for hydroxylation is 1. The Morgan fingerprint density at radius 2 is 1.80 bits per heavy atom. The minimum Gasteiger partial charge on any atom is -0.341 e. The first-order valence-electron chi connectivity index (χ1n) is 12.7. The molecule has 2 aliphatic rings. The number of fused-ring (bicyclic) bond motifs is 3. The molecular weight excluding hydrogens is 571 g/mol. The van der Waals surface area contributed by atoms with Crippen LogP contribution < -0.4 is 16.3 Å². The second-order valence-electron chi connectivity index (χ2n) is 9.96. The summed E-state index contributed by atoms with van der Waals surface area (Å²) in [6.45, 7) is 1.95. The molecule has 2 heterocycles. The van der Waals surface area contributed by atoms with Gasteiger partial charge in [-0.05, 0) is 62.2 Å². The number of hydrogen-bond donors (Lipinski definition) is 2. The molecule has 2 amide bonds. The van der Waals surface area contributed by atoms with Crippen molar-refractivity contribution in [1.82, 2.24) is 14.5 Å².